The first-order valence-corrected chi connectivity index (χ1v) is 10.7. The zero-order valence-corrected chi connectivity index (χ0v) is 17.8. The van der Waals surface area contributed by atoms with Gasteiger partial charge in [-0.15, -0.1) is 0 Å². The highest BCUT2D eigenvalue weighted by Gasteiger charge is 2.30. The Balaban J connectivity index is 1.53. The van der Waals surface area contributed by atoms with Crippen molar-refractivity contribution in [2.75, 3.05) is 0 Å². The molecule has 0 spiro atoms. The van der Waals surface area contributed by atoms with Gasteiger partial charge < -0.3 is 4.74 Å². The molecule has 0 N–H and O–H groups in total. The van der Waals surface area contributed by atoms with Crippen LogP contribution in [0.4, 0.5) is 22.0 Å². The monoisotopic (exact) mass is 464 g/mol. The van der Waals surface area contributed by atoms with Gasteiger partial charge in [0, 0.05) is 4.90 Å². The van der Waals surface area contributed by atoms with E-state index >= 15 is 0 Å². The van der Waals surface area contributed by atoms with E-state index in [0.29, 0.717) is 24.3 Å². The molecule has 0 aromatic heterocycles. The van der Waals surface area contributed by atoms with Gasteiger partial charge >= 0.3 is 6.18 Å². The summed E-state index contributed by atoms with van der Waals surface area (Å²) in [5.41, 5.74) is 1.23. The second-order valence-corrected chi connectivity index (χ2v) is 8.14. The molecule has 3 aromatic carbocycles. The molecule has 168 valence electrons. The van der Waals surface area contributed by atoms with E-state index in [1.54, 1.807) is 0 Å². The van der Waals surface area contributed by atoms with Crippen LogP contribution in [-0.2, 0) is 19.2 Å². The highest BCUT2D eigenvalue weighted by molar-refractivity contribution is 8.03. The summed E-state index contributed by atoms with van der Waals surface area (Å²) in [5.74, 6) is 0.722. The lowest BCUT2D eigenvalue weighted by atomic mass is 10.1. The third kappa shape index (κ3) is 7.41. The molecule has 7 heteroatoms. The number of alkyl halides is 5. The smallest absolute Gasteiger partial charge is 0.416 e. The summed E-state index contributed by atoms with van der Waals surface area (Å²) in [6, 6.07) is 21.4. The molecule has 0 unspecified atom stereocenters. The van der Waals surface area contributed by atoms with Crippen LogP contribution in [0.15, 0.2) is 94.7 Å². The molecule has 3 rings (SSSR count). The molecule has 3 aromatic rings. The number of thioether (sulfide) groups is 1. The molecule has 0 aliphatic rings. The number of benzene rings is 3. The van der Waals surface area contributed by atoms with Gasteiger partial charge in [0.15, 0.2) is 0 Å². The van der Waals surface area contributed by atoms with Gasteiger partial charge in [0.1, 0.15) is 12.4 Å². The van der Waals surface area contributed by atoms with E-state index in [9.17, 15) is 22.0 Å². The number of ether oxygens (including phenoxy) is 1. The minimum atomic E-state index is -4.45. The van der Waals surface area contributed by atoms with Crippen molar-refractivity contribution in [2.45, 2.75) is 36.9 Å². The number of rotatable bonds is 9. The van der Waals surface area contributed by atoms with E-state index in [1.165, 1.54) is 18.2 Å². The highest BCUT2D eigenvalue weighted by atomic mass is 32.2. The maximum atomic E-state index is 13.4. The Morgan fingerprint density at radius 3 is 2.09 bits per heavy atom. The lowest BCUT2D eigenvalue weighted by molar-refractivity contribution is -0.137. The van der Waals surface area contributed by atoms with E-state index in [0.717, 1.165) is 40.8 Å². The van der Waals surface area contributed by atoms with Gasteiger partial charge in [-0.05, 0) is 60.4 Å². The molecule has 0 fully saturated rings. The van der Waals surface area contributed by atoms with Crippen molar-refractivity contribution in [3.05, 3.63) is 107 Å². The van der Waals surface area contributed by atoms with Gasteiger partial charge in [0.25, 0.3) is 6.43 Å². The zero-order valence-electron chi connectivity index (χ0n) is 17.0. The van der Waals surface area contributed by atoms with Gasteiger partial charge in [-0.1, -0.05) is 60.3 Å². The summed E-state index contributed by atoms with van der Waals surface area (Å²) in [4.78, 5) is 0.164. The number of hydrogen-bond donors (Lipinski definition) is 0. The fraction of sp³-hybridized carbons (Fsp3) is 0.200. The number of allylic oxidation sites excluding steroid dienone is 2. The molecule has 32 heavy (non-hydrogen) atoms. The van der Waals surface area contributed by atoms with Gasteiger partial charge in [-0.25, -0.2) is 8.78 Å². The number of aryl methyl sites for hydroxylation is 1. The summed E-state index contributed by atoms with van der Waals surface area (Å²) in [7, 11) is 0. The minimum Gasteiger partial charge on any atom is -0.489 e. The van der Waals surface area contributed by atoms with Crippen LogP contribution in [-0.4, -0.2) is 6.43 Å². The summed E-state index contributed by atoms with van der Waals surface area (Å²) >= 11 is 0.782. The molecular formula is C25H21F5OS. The van der Waals surface area contributed by atoms with Crippen LogP contribution in [0.25, 0.3) is 0 Å². The van der Waals surface area contributed by atoms with Crippen LogP contribution in [0.2, 0.25) is 0 Å². The molecule has 0 saturated carbocycles. The van der Waals surface area contributed by atoms with Gasteiger partial charge in [-0.2, -0.15) is 13.2 Å². The molecule has 0 aliphatic carbocycles. The fourth-order valence-electron chi connectivity index (χ4n) is 2.90. The summed E-state index contributed by atoms with van der Waals surface area (Å²) in [6.45, 7) is 0.460. The quantitative estimate of drug-likeness (QED) is 0.233. The first-order chi connectivity index (χ1) is 15.3. The van der Waals surface area contributed by atoms with E-state index in [2.05, 4.69) is 0 Å². The highest BCUT2D eigenvalue weighted by Crippen LogP contribution is 2.34. The predicted octanol–water partition coefficient (Wildman–Crippen LogP) is 8.16. The van der Waals surface area contributed by atoms with E-state index in [4.69, 9.17) is 4.74 Å². The van der Waals surface area contributed by atoms with Crippen LogP contribution in [0.3, 0.4) is 0 Å². The normalized spacial score (nSPS) is 12.2. The number of halogens is 5. The van der Waals surface area contributed by atoms with Gasteiger partial charge in [0.2, 0.25) is 0 Å². The lowest BCUT2D eigenvalue weighted by Crippen LogP contribution is -2.04. The summed E-state index contributed by atoms with van der Waals surface area (Å²) < 4.78 is 70.4. The molecule has 0 aliphatic heterocycles. The van der Waals surface area contributed by atoms with E-state index < -0.39 is 18.2 Å². The maximum Gasteiger partial charge on any atom is 0.416 e. The SMILES string of the molecule is FC(F)/C(=C/CCc1ccc(OCc2ccccc2)cc1)Sc1ccc(C(F)(F)F)cc1. The minimum absolute atomic E-state index is 0.174. The fourth-order valence-corrected chi connectivity index (χ4v) is 3.73. The van der Waals surface area contributed by atoms with Gasteiger partial charge in [0.05, 0.1) is 10.5 Å². The Labute approximate surface area is 187 Å². The van der Waals surface area contributed by atoms with E-state index in [1.807, 2.05) is 54.6 Å². The average molecular weight is 464 g/mol. The predicted molar refractivity (Wildman–Crippen MR) is 117 cm³/mol. The first-order valence-electron chi connectivity index (χ1n) is 9.90. The zero-order chi connectivity index (χ0) is 23.0. The molecule has 0 heterocycles. The van der Waals surface area contributed by atoms with Gasteiger partial charge in [-0.3, -0.25) is 0 Å². The topological polar surface area (TPSA) is 9.23 Å². The summed E-state index contributed by atoms with van der Waals surface area (Å²) in [6.07, 6.45) is -4.77. The Morgan fingerprint density at radius 1 is 0.844 bits per heavy atom. The third-order valence-corrected chi connectivity index (χ3v) is 5.67. The maximum absolute atomic E-state index is 13.4. The van der Waals surface area contributed by atoms with Crippen molar-refractivity contribution in [3.8, 4) is 5.75 Å². The van der Waals surface area contributed by atoms with Crippen molar-refractivity contribution in [1.82, 2.24) is 0 Å². The van der Waals surface area contributed by atoms with Crippen LogP contribution in [0.1, 0.15) is 23.1 Å². The Morgan fingerprint density at radius 2 is 1.50 bits per heavy atom. The number of hydrogen-bond acceptors (Lipinski definition) is 2. The van der Waals surface area contributed by atoms with Crippen LogP contribution in [0.5, 0.6) is 5.75 Å². The van der Waals surface area contributed by atoms with Crippen molar-refractivity contribution in [3.63, 3.8) is 0 Å². The Kier molecular flexibility index (Phi) is 8.33. The molecule has 1 nitrogen and oxygen atoms in total. The van der Waals surface area contributed by atoms with E-state index in [-0.39, 0.29) is 4.91 Å². The molecule has 0 bridgehead atoms. The average Bonchev–Trinajstić information content (AvgIpc) is 2.78. The molecule has 0 saturated heterocycles. The standard InChI is InChI=1S/C25H21F5OS/c26-24(27)23(32-22-15-11-20(12-16-22)25(28,29)30)8-4-7-18-9-13-21(14-10-18)31-17-19-5-2-1-3-6-19/h1-3,5-6,8-16,24H,4,7,17H2/b23-8-. The van der Waals surface area contributed by atoms with Crippen molar-refractivity contribution in [2.24, 2.45) is 0 Å². The van der Waals surface area contributed by atoms with Crippen molar-refractivity contribution >= 4 is 11.8 Å². The lowest BCUT2D eigenvalue weighted by Gasteiger charge is -2.10. The molecule has 0 radical (unpaired) electrons. The summed E-state index contributed by atoms with van der Waals surface area (Å²) in [5, 5.41) is 0. The van der Waals surface area contributed by atoms with Crippen molar-refractivity contribution < 1.29 is 26.7 Å². The second-order valence-electron chi connectivity index (χ2n) is 6.99. The molecule has 0 amide bonds. The Hall–Kier alpha value is -2.80. The second kappa shape index (κ2) is 11.2. The van der Waals surface area contributed by atoms with Crippen LogP contribution >= 0.6 is 11.8 Å². The third-order valence-electron chi connectivity index (χ3n) is 4.58. The van der Waals surface area contributed by atoms with Crippen molar-refractivity contribution in [1.29, 1.82) is 0 Å². The van der Waals surface area contributed by atoms with Crippen LogP contribution in [0, 0.1) is 0 Å². The molecular weight excluding hydrogens is 443 g/mol. The molecule has 0 atom stereocenters. The Bertz CT molecular complexity index is 997. The van der Waals surface area contributed by atoms with Crippen LogP contribution < -0.4 is 4.74 Å². The first kappa shape index (κ1) is 23.9. The largest absolute Gasteiger partial charge is 0.489 e.